The van der Waals surface area contributed by atoms with Crippen molar-refractivity contribution >= 4 is 20.2 Å². The Labute approximate surface area is 200 Å². The van der Waals surface area contributed by atoms with Crippen LogP contribution in [0.1, 0.15) is 88.2 Å². The Morgan fingerprint density at radius 1 is 1.06 bits per heavy atom. The third-order valence-corrected chi connectivity index (χ3v) is 6.61. The van der Waals surface area contributed by atoms with Crippen molar-refractivity contribution in [2.24, 2.45) is 5.92 Å². The lowest BCUT2D eigenvalue weighted by Crippen LogP contribution is -2.28. The molecule has 2 rings (SSSR count). The summed E-state index contributed by atoms with van der Waals surface area (Å²) in [5, 5.41) is 9.24. The number of benzene rings is 1. The Kier molecular flexibility index (Phi) is 11.8. The van der Waals surface area contributed by atoms with Gasteiger partial charge in [0.05, 0.1) is 11.8 Å². The highest BCUT2D eigenvalue weighted by Crippen LogP contribution is 2.39. The Balaban J connectivity index is 0.00000104. The average molecular weight is 528 g/mol. The summed E-state index contributed by atoms with van der Waals surface area (Å²) < 4.78 is 90.0. The molecule has 194 valence electrons. The van der Waals surface area contributed by atoms with Gasteiger partial charge in [0.2, 0.25) is 0 Å². The highest BCUT2D eigenvalue weighted by molar-refractivity contribution is 7.88. The number of hydrogen-bond acceptors (Lipinski definition) is 6. The summed E-state index contributed by atoms with van der Waals surface area (Å²) in [6.07, 6.45) is 12.4. The summed E-state index contributed by atoms with van der Waals surface area (Å²) in [7, 11) is -9.46. The van der Waals surface area contributed by atoms with Crippen LogP contribution >= 0.6 is 0 Å². The van der Waals surface area contributed by atoms with E-state index >= 15 is 0 Å². The van der Waals surface area contributed by atoms with Gasteiger partial charge in [-0.25, -0.2) is 0 Å². The van der Waals surface area contributed by atoms with Crippen molar-refractivity contribution in [3.63, 3.8) is 0 Å². The van der Waals surface area contributed by atoms with Crippen molar-refractivity contribution in [2.75, 3.05) is 6.26 Å². The zero-order valence-electron chi connectivity index (χ0n) is 19.3. The number of rotatable bonds is 9. The van der Waals surface area contributed by atoms with Crippen LogP contribution in [0, 0.1) is 17.2 Å². The minimum Gasteiger partial charge on any atom is -0.375 e. The monoisotopic (exact) mass is 527 g/mol. The maximum absolute atomic E-state index is 12.5. The molecule has 12 heteroatoms. The van der Waals surface area contributed by atoms with E-state index in [-0.39, 0.29) is 11.5 Å². The largest absolute Gasteiger partial charge is 0.534 e. The highest BCUT2D eigenvalue weighted by atomic mass is 32.2. The third kappa shape index (κ3) is 11.1. The molecule has 0 amide bonds. The fourth-order valence-electron chi connectivity index (χ4n) is 3.95. The molecule has 1 aromatic carbocycles. The van der Waals surface area contributed by atoms with Gasteiger partial charge in [0.25, 0.3) is 10.1 Å². The first-order chi connectivity index (χ1) is 15.7. The molecule has 34 heavy (non-hydrogen) atoms. The van der Waals surface area contributed by atoms with Crippen molar-refractivity contribution in [1.82, 2.24) is 0 Å². The summed E-state index contributed by atoms with van der Waals surface area (Å²) >= 11 is 0. The van der Waals surface area contributed by atoms with Crippen molar-refractivity contribution < 1.29 is 38.7 Å². The van der Waals surface area contributed by atoms with E-state index in [9.17, 15) is 35.3 Å². The second kappa shape index (κ2) is 13.3. The minimum absolute atomic E-state index is 0.201. The molecule has 0 bridgehead atoms. The SMILES string of the molecule is CCCCCCCC1CCC(c2ccc(OS(=O)(=O)C(F)(F)F)c(C#N)c2)CC1.CS(=O)(=O)O. The predicted molar refractivity (Wildman–Crippen MR) is 122 cm³/mol. The number of halogens is 3. The zero-order chi connectivity index (χ0) is 26.0. The van der Waals surface area contributed by atoms with E-state index < -0.39 is 31.5 Å². The van der Waals surface area contributed by atoms with Gasteiger partial charge >= 0.3 is 15.6 Å². The lowest BCUT2D eigenvalue weighted by molar-refractivity contribution is -0.0500. The normalized spacial score (nSPS) is 19.0. The molecule has 0 radical (unpaired) electrons. The van der Waals surface area contributed by atoms with Gasteiger partial charge in [-0.2, -0.15) is 35.3 Å². The Bertz CT molecular complexity index is 1020. The molecule has 7 nitrogen and oxygen atoms in total. The first-order valence-electron chi connectivity index (χ1n) is 11.1. The molecule has 1 aromatic rings. The van der Waals surface area contributed by atoms with Gasteiger partial charge in [-0.15, -0.1) is 0 Å². The standard InChI is InChI=1S/C21H28F3NO3S.CH4O3S/c1-2-3-4-5-6-7-16-8-10-17(11-9-16)18-12-13-20(19(14-18)15-25)28-29(26,27)21(22,23)24;1-5(2,3)4/h12-14,16-17H,2-11H2,1H3;1H3,(H,2,3,4). The van der Waals surface area contributed by atoms with E-state index in [2.05, 4.69) is 11.1 Å². The summed E-state index contributed by atoms with van der Waals surface area (Å²) in [6, 6.07) is 5.92. The number of hydrogen-bond donors (Lipinski definition) is 1. The van der Waals surface area contributed by atoms with Crippen LogP contribution in [-0.2, 0) is 20.2 Å². The molecular formula is C22H32F3NO6S2. The van der Waals surface area contributed by atoms with Crippen molar-refractivity contribution in [2.45, 2.75) is 82.6 Å². The van der Waals surface area contributed by atoms with E-state index in [4.69, 9.17) is 4.55 Å². The second-order valence-electron chi connectivity index (χ2n) is 8.50. The molecule has 1 saturated carbocycles. The summed E-state index contributed by atoms with van der Waals surface area (Å²) in [5.74, 6) is 0.351. The zero-order valence-corrected chi connectivity index (χ0v) is 21.0. The quantitative estimate of drug-likeness (QED) is 0.183. The fourth-order valence-corrected chi connectivity index (χ4v) is 4.42. The third-order valence-electron chi connectivity index (χ3n) is 5.64. The topological polar surface area (TPSA) is 122 Å². The lowest BCUT2D eigenvalue weighted by atomic mass is 9.77. The molecule has 0 saturated heterocycles. The molecule has 1 aliphatic rings. The molecule has 0 unspecified atom stereocenters. The van der Waals surface area contributed by atoms with Gasteiger partial charge in [0.1, 0.15) is 6.07 Å². The molecule has 0 aliphatic heterocycles. The first-order valence-corrected chi connectivity index (χ1v) is 14.4. The van der Waals surface area contributed by atoms with Crippen molar-refractivity contribution in [1.29, 1.82) is 5.26 Å². The van der Waals surface area contributed by atoms with Gasteiger partial charge in [0, 0.05) is 0 Å². The van der Waals surface area contributed by atoms with Crippen LogP contribution < -0.4 is 4.18 Å². The lowest BCUT2D eigenvalue weighted by Gasteiger charge is -2.29. The van der Waals surface area contributed by atoms with Crippen LogP contribution in [0.25, 0.3) is 0 Å². The van der Waals surface area contributed by atoms with Crippen LogP contribution in [0.15, 0.2) is 18.2 Å². The Hall–Kier alpha value is -1.84. The average Bonchev–Trinajstić information content (AvgIpc) is 2.72. The van der Waals surface area contributed by atoms with E-state index in [0.717, 1.165) is 37.3 Å². The first kappa shape index (κ1) is 30.2. The fraction of sp³-hybridized carbons (Fsp3) is 0.682. The van der Waals surface area contributed by atoms with Crippen LogP contribution in [0.3, 0.4) is 0 Å². The van der Waals surface area contributed by atoms with Crippen molar-refractivity contribution in [3.8, 4) is 11.8 Å². The van der Waals surface area contributed by atoms with Gasteiger partial charge in [-0.1, -0.05) is 51.5 Å². The second-order valence-corrected chi connectivity index (χ2v) is 11.5. The van der Waals surface area contributed by atoms with E-state index in [1.165, 1.54) is 44.6 Å². The summed E-state index contributed by atoms with van der Waals surface area (Å²) in [4.78, 5) is 0. The molecule has 0 spiro atoms. The van der Waals surface area contributed by atoms with Crippen LogP contribution in [0.4, 0.5) is 13.2 Å². The highest BCUT2D eigenvalue weighted by Gasteiger charge is 2.48. The number of nitriles is 1. The van der Waals surface area contributed by atoms with Crippen LogP contribution in [0.2, 0.25) is 0 Å². The van der Waals surface area contributed by atoms with Gasteiger partial charge < -0.3 is 4.18 Å². The van der Waals surface area contributed by atoms with Crippen molar-refractivity contribution in [3.05, 3.63) is 29.3 Å². The number of alkyl halides is 3. The molecular weight excluding hydrogens is 495 g/mol. The smallest absolute Gasteiger partial charge is 0.375 e. The molecule has 0 heterocycles. The maximum Gasteiger partial charge on any atom is 0.534 e. The molecule has 1 aliphatic carbocycles. The Morgan fingerprint density at radius 2 is 1.62 bits per heavy atom. The van der Waals surface area contributed by atoms with Crippen LogP contribution in [-0.4, -0.2) is 33.2 Å². The molecule has 1 fully saturated rings. The summed E-state index contributed by atoms with van der Waals surface area (Å²) in [6.45, 7) is 2.20. The number of nitrogens with zero attached hydrogens (tertiary/aromatic N) is 1. The predicted octanol–water partition coefficient (Wildman–Crippen LogP) is 5.92. The van der Waals surface area contributed by atoms with E-state index in [1.54, 1.807) is 12.1 Å². The summed E-state index contributed by atoms with van der Waals surface area (Å²) in [5.41, 5.74) is -4.89. The number of unbranched alkanes of at least 4 members (excludes halogenated alkanes) is 4. The van der Waals surface area contributed by atoms with Crippen LogP contribution in [0.5, 0.6) is 5.75 Å². The van der Waals surface area contributed by atoms with Gasteiger partial charge in [0.15, 0.2) is 5.75 Å². The van der Waals surface area contributed by atoms with Gasteiger partial charge in [-0.05, 0) is 55.2 Å². The Morgan fingerprint density at radius 3 is 2.12 bits per heavy atom. The van der Waals surface area contributed by atoms with E-state index in [0.29, 0.717) is 12.2 Å². The minimum atomic E-state index is -5.79. The maximum atomic E-state index is 12.5. The molecule has 0 atom stereocenters. The molecule has 0 aromatic heterocycles. The molecule has 1 N–H and O–H groups in total. The van der Waals surface area contributed by atoms with E-state index in [1.807, 2.05) is 0 Å². The van der Waals surface area contributed by atoms with Gasteiger partial charge in [-0.3, -0.25) is 4.55 Å².